The first-order valence-corrected chi connectivity index (χ1v) is 6.16. The van der Waals surface area contributed by atoms with Crippen LogP contribution in [0.3, 0.4) is 0 Å². The summed E-state index contributed by atoms with van der Waals surface area (Å²) in [5.41, 5.74) is 2.62. The zero-order chi connectivity index (χ0) is 10.7. The summed E-state index contributed by atoms with van der Waals surface area (Å²) >= 11 is 3.40. The molecule has 0 fully saturated rings. The minimum absolute atomic E-state index is 0.898. The van der Waals surface area contributed by atoms with Crippen LogP contribution in [0.5, 0.6) is 0 Å². The van der Waals surface area contributed by atoms with Crippen molar-refractivity contribution in [3.8, 4) is 0 Å². The normalized spacial score (nSPS) is 11.3. The van der Waals surface area contributed by atoms with E-state index in [4.69, 9.17) is 0 Å². The summed E-state index contributed by atoms with van der Waals surface area (Å²) < 4.78 is 0. The molecule has 0 aliphatic carbocycles. The number of alkyl halides is 1. The van der Waals surface area contributed by atoms with Gasteiger partial charge in [-0.2, -0.15) is 0 Å². The zero-order valence-corrected chi connectivity index (χ0v) is 10.3. The molecule has 0 aliphatic rings. The van der Waals surface area contributed by atoms with Crippen molar-refractivity contribution in [3.63, 3.8) is 0 Å². The minimum atomic E-state index is 0.898. The molecule has 2 aromatic rings. The molecule has 0 nitrogen and oxygen atoms in total. The number of halogens is 1. The van der Waals surface area contributed by atoms with Gasteiger partial charge in [-0.05, 0) is 28.8 Å². The minimum Gasteiger partial charge on any atom is -0.0883 e. The quantitative estimate of drug-likeness (QED) is 0.695. The molecule has 2 aromatic carbocycles. The fourth-order valence-electron chi connectivity index (χ4n) is 1.79. The lowest BCUT2D eigenvalue weighted by atomic mass is 10.0. The predicted molar refractivity (Wildman–Crippen MR) is 71.5 cm³/mol. The van der Waals surface area contributed by atoms with Gasteiger partial charge in [0.1, 0.15) is 0 Å². The number of hydrogen-bond donors (Lipinski definition) is 0. The molecule has 0 radical (unpaired) electrons. The van der Waals surface area contributed by atoms with Crippen LogP contribution in [-0.2, 0) is 0 Å². The molecule has 0 heterocycles. The Balaban J connectivity index is 2.66. The number of rotatable bonds is 2. The van der Waals surface area contributed by atoms with Gasteiger partial charge < -0.3 is 0 Å². The van der Waals surface area contributed by atoms with E-state index in [1.54, 1.807) is 0 Å². The molecular formula is C14H13Br. The van der Waals surface area contributed by atoms with Gasteiger partial charge in [0.25, 0.3) is 0 Å². The summed E-state index contributed by atoms with van der Waals surface area (Å²) in [4.78, 5) is 0. The van der Waals surface area contributed by atoms with E-state index in [0.717, 1.165) is 5.33 Å². The zero-order valence-electron chi connectivity index (χ0n) is 8.70. The highest BCUT2D eigenvalue weighted by Gasteiger charge is 1.99. The number of allylic oxidation sites excluding steroid dienone is 1. The number of benzene rings is 2. The summed E-state index contributed by atoms with van der Waals surface area (Å²) in [6.07, 6.45) is 4.29. The SMILES string of the molecule is Cc1ccc(C=CCBr)c2ccccc12. The predicted octanol–water partition coefficient (Wildman–Crippen LogP) is 4.56. The molecule has 0 aliphatic heterocycles. The summed E-state index contributed by atoms with van der Waals surface area (Å²) in [7, 11) is 0. The Morgan fingerprint density at radius 2 is 1.80 bits per heavy atom. The smallest absolute Gasteiger partial charge is 0.0215 e. The average Bonchev–Trinajstić information content (AvgIpc) is 2.29. The number of aryl methyl sites for hydroxylation is 1. The van der Waals surface area contributed by atoms with Gasteiger partial charge in [-0.15, -0.1) is 0 Å². The first kappa shape index (κ1) is 10.4. The van der Waals surface area contributed by atoms with Crippen molar-refractivity contribution in [3.05, 3.63) is 53.6 Å². The first-order valence-electron chi connectivity index (χ1n) is 5.04. The molecule has 15 heavy (non-hydrogen) atoms. The summed E-state index contributed by atoms with van der Waals surface area (Å²) in [6.45, 7) is 2.15. The molecule has 0 aromatic heterocycles. The molecule has 76 valence electrons. The summed E-state index contributed by atoms with van der Waals surface area (Å²) in [5, 5.41) is 3.57. The maximum atomic E-state index is 3.40. The van der Waals surface area contributed by atoms with E-state index in [9.17, 15) is 0 Å². The fourth-order valence-corrected chi connectivity index (χ4v) is 1.98. The summed E-state index contributed by atoms with van der Waals surface area (Å²) in [6, 6.07) is 12.9. The Kier molecular flexibility index (Phi) is 3.22. The maximum Gasteiger partial charge on any atom is 0.0215 e. The largest absolute Gasteiger partial charge is 0.0883 e. The Bertz CT molecular complexity index is 498. The van der Waals surface area contributed by atoms with Crippen molar-refractivity contribution in [2.45, 2.75) is 6.92 Å². The first-order chi connectivity index (χ1) is 7.33. The van der Waals surface area contributed by atoms with Crippen molar-refractivity contribution in [2.75, 3.05) is 5.33 Å². The van der Waals surface area contributed by atoms with E-state index >= 15 is 0 Å². The fraction of sp³-hybridized carbons (Fsp3) is 0.143. The summed E-state index contributed by atoms with van der Waals surface area (Å²) in [5.74, 6) is 0. The van der Waals surface area contributed by atoms with Gasteiger partial charge in [-0.3, -0.25) is 0 Å². The Hall–Kier alpha value is -1.08. The van der Waals surface area contributed by atoms with Crippen LogP contribution in [0.1, 0.15) is 11.1 Å². The van der Waals surface area contributed by atoms with E-state index < -0.39 is 0 Å². The third-order valence-corrected chi connectivity index (χ3v) is 2.94. The number of fused-ring (bicyclic) bond motifs is 1. The third-order valence-electron chi connectivity index (χ3n) is 2.56. The molecule has 0 atom stereocenters. The van der Waals surface area contributed by atoms with Crippen molar-refractivity contribution in [1.29, 1.82) is 0 Å². The lowest BCUT2D eigenvalue weighted by Crippen LogP contribution is -1.82. The molecule has 0 saturated heterocycles. The molecule has 1 heteroatoms. The Morgan fingerprint density at radius 1 is 1.07 bits per heavy atom. The molecule has 0 unspecified atom stereocenters. The lowest BCUT2D eigenvalue weighted by molar-refractivity contribution is 1.52. The van der Waals surface area contributed by atoms with Crippen molar-refractivity contribution in [1.82, 2.24) is 0 Å². The van der Waals surface area contributed by atoms with Crippen molar-refractivity contribution >= 4 is 32.8 Å². The second kappa shape index (κ2) is 4.63. The van der Waals surface area contributed by atoms with Crippen molar-refractivity contribution in [2.24, 2.45) is 0 Å². The van der Waals surface area contributed by atoms with Crippen LogP contribution in [0, 0.1) is 6.92 Å². The van der Waals surface area contributed by atoms with E-state index in [2.05, 4.69) is 71.4 Å². The average molecular weight is 261 g/mol. The van der Waals surface area contributed by atoms with Crippen LogP contribution in [-0.4, -0.2) is 5.33 Å². The number of hydrogen-bond acceptors (Lipinski definition) is 0. The standard InChI is InChI=1S/C14H13Br/c1-11-8-9-12(5-4-10-15)14-7-3-2-6-13(11)14/h2-9H,10H2,1H3. The topological polar surface area (TPSA) is 0 Å². The van der Waals surface area contributed by atoms with Crippen LogP contribution < -0.4 is 0 Å². The molecular weight excluding hydrogens is 248 g/mol. The molecule has 0 saturated carbocycles. The Labute approximate surface area is 98.8 Å². The highest BCUT2D eigenvalue weighted by atomic mass is 79.9. The van der Waals surface area contributed by atoms with E-state index in [-0.39, 0.29) is 0 Å². The van der Waals surface area contributed by atoms with Gasteiger partial charge in [0.05, 0.1) is 0 Å². The van der Waals surface area contributed by atoms with E-state index in [0.29, 0.717) is 0 Å². The Morgan fingerprint density at radius 3 is 2.53 bits per heavy atom. The molecule has 0 amide bonds. The third kappa shape index (κ3) is 2.13. The van der Waals surface area contributed by atoms with Crippen LogP contribution in [0.2, 0.25) is 0 Å². The molecule has 0 bridgehead atoms. The maximum absolute atomic E-state index is 3.40. The van der Waals surface area contributed by atoms with E-state index in [1.807, 2.05) is 0 Å². The van der Waals surface area contributed by atoms with Gasteiger partial charge in [-0.25, -0.2) is 0 Å². The van der Waals surface area contributed by atoms with Gasteiger partial charge in [0.15, 0.2) is 0 Å². The van der Waals surface area contributed by atoms with Crippen LogP contribution >= 0.6 is 15.9 Å². The van der Waals surface area contributed by atoms with E-state index in [1.165, 1.54) is 21.9 Å². The second-order valence-electron chi connectivity index (χ2n) is 3.57. The van der Waals surface area contributed by atoms with Gasteiger partial charge in [0, 0.05) is 5.33 Å². The lowest BCUT2D eigenvalue weighted by Gasteiger charge is -2.05. The van der Waals surface area contributed by atoms with Crippen LogP contribution in [0.25, 0.3) is 16.8 Å². The van der Waals surface area contributed by atoms with Crippen LogP contribution in [0.15, 0.2) is 42.5 Å². The monoisotopic (exact) mass is 260 g/mol. The highest BCUT2D eigenvalue weighted by molar-refractivity contribution is 9.09. The van der Waals surface area contributed by atoms with Gasteiger partial charge in [0.2, 0.25) is 0 Å². The molecule has 2 rings (SSSR count). The highest BCUT2D eigenvalue weighted by Crippen LogP contribution is 2.23. The van der Waals surface area contributed by atoms with Gasteiger partial charge >= 0.3 is 0 Å². The van der Waals surface area contributed by atoms with Crippen LogP contribution in [0.4, 0.5) is 0 Å². The second-order valence-corrected chi connectivity index (χ2v) is 4.22. The molecule has 0 N–H and O–H groups in total. The molecule has 0 spiro atoms. The van der Waals surface area contributed by atoms with Gasteiger partial charge in [-0.1, -0.05) is 64.5 Å². The van der Waals surface area contributed by atoms with Crippen molar-refractivity contribution < 1.29 is 0 Å².